The van der Waals surface area contributed by atoms with Crippen LogP contribution in [0, 0.1) is 10.1 Å². The highest BCUT2D eigenvalue weighted by Gasteiger charge is 2.25. The molecule has 2 amide bonds. The summed E-state index contributed by atoms with van der Waals surface area (Å²) in [5.74, 6) is -0.361. The number of furan rings is 1. The summed E-state index contributed by atoms with van der Waals surface area (Å²) >= 11 is 11.8. The Morgan fingerprint density at radius 2 is 1.92 bits per heavy atom. The minimum absolute atomic E-state index is 0.000377. The largest absolute Gasteiger partial charge is 0.487 e. The molecule has 0 saturated carbocycles. The number of nitro benzene ring substituents is 1. The second-order valence-corrected chi connectivity index (χ2v) is 9.02. The summed E-state index contributed by atoms with van der Waals surface area (Å²) in [5, 5.41) is 17.2. The van der Waals surface area contributed by atoms with Crippen LogP contribution >= 0.6 is 23.8 Å². The summed E-state index contributed by atoms with van der Waals surface area (Å²) in [4.78, 5) is 39.6. The van der Waals surface area contributed by atoms with E-state index >= 15 is 0 Å². The molecule has 0 unspecified atom stereocenters. The van der Waals surface area contributed by atoms with Gasteiger partial charge in [0, 0.05) is 43.5 Å². The molecule has 11 nitrogen and oxygen atoms in total. The monoisotopic (exact) mass is 557 g/mol. The van der Waals surface area contributed by atoms with Crippen LogP contribution in [0.4, 0.5) is 17.1 Å². The number of hydrogen-bond donors (Lipinski definition) is 2. The van der Waals surface area contributed by atoms with Gasteiger partial charge in [-0.25, -0.2) is 0 Å². The summed E-state index contributed by atoms with van der Waals surface area (Å²) in [7, 11) is 0. The van der Waals surface area contributed by atoms with Crippen molar-refractivity contribution in [2.45, 2.75) is 6.92 Å². The number of nitrogens with one attached hydrogen (secondary N) is 2. The molecule has 2 heterocycles. The zero-order valence-electron chi connectivity index (χ0n) is 20.3. The number of anilines is 2. The molecule has 1 fully saturated rings. The zero-order valence-corrected chi connectivity index (χ0v) is 21.9. The molecule has 2 aromatic carbocycles. The molecule has 198 valence electrons. The molecule has 1 aliphatic rings. The van der Waals surface area contributed by atoms with E-state index in [-0.39, 0.29) is 34.6 Å². The second-order valence-electron chi connectivity index (χ2n) is 8.20. The van der Waals surface area contributed by atoms with E-state index in [1.165, 1.54) is 18.4 Å². The van der Waals surface area contributed by atoms with E-state index in [1.54, 1.807) is 36.1 Å². The summed E-state index contributed by atoms with van der Waals surface area (Å²) in [6.07, 6.45) is 1.47. The Labute approximate surface area is 228 Å². The third-order valence-electron chi connectivity index (χ3n) is 5.79. The molecule has 0 bridgehead atoms. The summed E-state index contributed by atoms with van der Waals surface area (Å²) in [6, 6.07) is 12.5. The Bertz CT molecular complexity index is 1360. The van der Waals surface area contributed by atoms with Gasteiger partial charge in [0.05, 0.1) is 28.5 Å². The van der Waals surface area contributed by atoms with Gasteiger partial charge in [0.2, 0.25) is 0 Å². The minimum Gasteiger partial charge on any atom is -0.487 e. The highest BCUT2D eigenvalue weighted by molar-refractivity contribution is 7.80. The lowest BCUT2D eigenvalue weighted by molar-refractivity contribution is -0.385. The molecule has 0 spiro atoms. The van der Waals surface area contributed by atoms with E-state index < -0.39 is 10.8 Å². The number of ether oxygens (including phenoxy) is 1. The smallest absolute Gasteiger partial charge is 0.311 e. The maximum absolute atomic E-state index is 12.6. The molecular formula is C25H24ClN5O6S. The van der Waals surface area contributed by atoms with Crippen molar-refractivity contribution in [3.05, 3.63) is 81.3 Å². The normalized spacial score (nSPS) is 13.1. The van der Waals surface area contributed by atoms with Crippen LogP contribution in [0.5, 0.6) is 5.75 Å². The molecule has 13 heteroatoms. The molecule has 1 aliphatic heterocycles. The lowest BCUT2D eigenvalue weighted by Gasteiger charge is -2.36. The van der Waals surface area contributed by atoms with Gasteiger partial charge in [-0.05, 0) is 61.6 Å². The number of nitrogens with zero attached hydrogens (tertiary/aromatic N) is 3. The first-order valence-corrected chi connectivity index (χ1v) is 12.5. The highest BCUT2D eigenvalue weighted by Crippen LogP contribution is 2.30. The highest BCUT2D eigenvalue weighted by atomic mass is 35.5. The van der Waals surface area contributed by atoms with Gasteiger partial charge in [-0.15, -0.1) is 0 Å². The second kappa shape index (κ2) is 11.9. The Balaban J connectivity index is 1.34. The van der Waals surface area contributed by atoms with Gasteiger partial charge in [-0.1, -0.05) is 11.6 Å². The molecular weight excluding hydrogens is 534 g/mol. The van der Waals surface area contributed by atoms with Crippen LogP contribution in [-0.2, 0) is 0 Å². The van der Waals surface area contributed by atoms with E-state index in [2.05, 4.69) is 15.5 Å². The van der Waals surface area contributed by atoms with Gasteiger partial charge in [0.1, 0.15) is 0 Å². The number of carbonyl (C=O) groups is 2. The molecule has 0 aliphatic carbocycles. The van der Waals surface area contributed by atoms with Gasteiger partial charge in [-0.2, -0.15) is 0 Å². The minimum atomic E-state index is -0.613. The van der Waals surface area contributed by atoms with Crippen LogP contribution in [0.2, 0.25) is 5.02 Å². The van der Waals surface area contributed by atoms with Crippen LogP contribution in [0.25, 0.3) is 0 Å². The van der Waals surface area contributed by atoms with E-state index in [9.17, 15) is 19.7 Å². The van der Waals surface area contributed by atoms with Crippen molar-refractivity contribution in [2.24, 2.45) is 0 Å². The van der Waals surface area contributed by atoms with Gasteiger partial charge >= 0.3 is 5.69 Å². The SMILES string of the molecule is CCOc1ccc(C(=O)NC(=S)Nc2ccc(N3CCN(C(=O)c4ccco4)CC3)c(Cl)c2)cc1[N+](=O)[O-]. The number of benzene rings is 2. The lowest BCUT2D eigenvalue weighted by Crippen LogP contribution is -2.48. The average molecular weight is 558 g/mol. The quantitative estimate of drug-likeness (QED) is 0.247. The number of hydrogen-bond acceptors (Lipinski definition) is 8. The molecule has 3 aromatic rings. The number of nitro groups is 1. The van der Waals surface area contributed by atoms with Crippen molar-refractivity contribution in [1.29, 1.82) is 0 Å². The fourth-order valence-electron chi connectivity index (χ4n) is 3.96. The Hall–Kier alpha value is -4.16. The number of amides is 2. The van der Waals surface area contributed by atoms with Crippen LogP contribution in [0.15, 0.2) is 59.2 Å². The number of piperazine rings is 1. The van der Waals surface area contributed by atoms with Gasteiger partial charge in [0.25, 0.3) is 11.8 Å². The van der Waals surface area contributed by atoms with Crippen LogP contribution < -0.4 is 20.3 Å². The number of thiocarbonyl (C=S) groups is 1. The lowest BCUT2D eigenvalue weighted by atomic mass is 10.1. The fourth-order valence-corrected chi connectivity index (χ4v) is 4.47. The third-order valence-corrected chi connectivity index (χ3v) is 6.30. The first-order valence-electron chi connectivity index (χ1n) is 11.7. The number of carbonyl (C=O) groups excluding carboxylic acids is 2. The topological polar surface area (TPSA) is 130 Å². The first kappa shape index (κ1) is 26.9. The van der Waals surface area contributed by atoms with Gasteiger partial charge in [0.15, 0.2) is 16.6 Å². The molecule has 0 atom stereocenters. The van der Waals surface area contributed by atoms with Crippen molar-refractivity contribution >= 4 is 57.8 Å². The summed E-state index contributed by atoms with van der Waals surface area (Å²) < 4.78 is 10.4. The van der Waals surface area contributed by atoms with E-state index in [4.69, 9.17) is 33.0 Å². The summed E-state index contributed by atoms with van der Waals surface area (Å²) in [6.45, 7) is 4.21. The Morgan fingerprint density at radius 1 is 1.16 bits per heavy atom. The maximum atomic E-state index is 12.6. The van der Waals surface area contributed by atoms with Gasteiger partial charge in [-0.3, -0.25) is 25.0 Å². The Morgan fingerprint density at radius 3 is 2.55 bits per heavy atom. The number of rotatable bonds is 7. The van der Waals surface area contributed by atoms with Crippen molar-refractivity contribution in [2.75, 3.05) is 43.0 Å². The molecule has 0 radical (unpaired) electrons. The van der Waals surface area contributed by atoms with Crippen LogP contribution in [-0.4, -0.2) is 59.5 Å². The molecule has 1 saturated heterocycles. The van der Waals surface area contributed by atoms with E-state index in [1.807, 2.05) is 6.07 Å². The summed E-state index contributed by atoms with van der Waals surface area (Å²) in [5.41, 5.74) is 1.10. The van der Waals surface area contributed by atoms with Gasteiger partial charge < -0.3 is 24.3 Å². The molecule has 4 rings (SSSR count). The van der Waals surface area contributed by atoms with Crippen LogP contribution in [0.1, 0.15) is 27.8 Å². The van der Waals surface area contributed by atoms with Crippen LogP contribution in [0.3, 0.4) is 0 Å². The van der Waals surface area contributed by atoms with E-state index in [0.29, 0.717) is 42.6 Å². The predicted octanol–water partition coefficient (Wildman–Crippen LogP) is 4.33. The molecule has 38 heavy (non-hydrogen) atoms. The molecule has 2 N–H and O–H groups in total. The van der Waals surface area contributed by atoms with Crippen molar-refractivity contribution in [3.8, 4) is 5.75 Å². The van der Waals surface area contributed by atoms with E-state index in [0.717, 1.165) is 11.8 Å². The van der Waals surface area contributed by atoms with Crippen molar-refractivity contribution in [3.63, 3.8) is 0 Å². The fraction of sp³-hybridized carbons (Fsp3) is 0.240. The standard InChI is InChI=1S/C25H24ClN5O6S/c1-2-36-21-8-5-16(14-20(21)31(34)35)23(32)28-25(38)27-17-6-7-19(18(26)15-17)29-9-11-30(12-10-29)24(33)22-4-3-13-37-22/h3-8,13-15H,2,9-12H2,1H3,(H2,27,28,32,38). The number of halogens is 1. The first-order chi connectivity index (χ1) is 18.3. The maximum Gasteiger partial charge on any atom is 0.311 e. The Kier molecular flexibility index (Phi) is 8.44. The third kappa shape index (κ3) is 6.21. The van der Waals surface area contributed by atoms with Crippen molar-refractivity contribution in [1.82, 2.24) is 10.2 Å². The van der Waals surface area contributed by atoms with Crippen molar-refractivity contribution < 1.29 is 23.7 Å². The average Bonchev–Trinajstić information content (AvgIpc) is 3.44. The predicted molar refractivity (Wildman–Crippen MR) is 146 cm³/mol. The zero-order chi connectivity index (χ0) is 27.2. The molecule has 1 aromatic heterocycles.